The lowest BCUT2D eigenvalue weighted by atomic mass is 9.95. The van der Waals surface area contributed by atoms with Gasteiger partial charge >= 0.3 is 0 Å². The summed E-state index contributed by atoms with van der Waals surface area (Å²) in [7, 11) is 0. The Labute approximate surface area is 90.8 Å². The Balaban J connectivity index is 2.65. The molecule has 1 heterocycles. The van der Waals surface area contributed by atoms with E-state index < -0.39 is 0 Å². The summed E-state index contributed by atoms with van der Waals surface area (Å²) in [5.41, 5.74) is 1.75. The predicted octanol–water partition coefficient (Wildman–Crippen LogP) is 1.52. The molecule has 0 radical (unpaired) electrons. The fraction of sp³-hybridized carbons (Fsp3) is 0.636. The van der Waals surface area contributed by atoms with E-state index in [1.807, 2.05) is 33.8 Å². The summed E-state index contributed by atoms with van der Waals surface area (Å²) in [6.45, 7) is 8.66. The Bertz CT molecular complexity index is 316. The molecule has 1 aromatic heterocycles. The molecule has 1 rings (SSSR count). The van der Waals surface area contributed by atoms with E-state index in [2.05, 4.69) is 15.3 Å². The molecule has 0 aromatic carbocycles. The molecular weight excluding hydrogens is 190 g/mol. The smallest absolute Gasteiger partial charge is 0.223 e. The SMILES string of the molecule is Cc1cc(C)nc(NCC(C)(C)CO)n1. The van der Waals surface area contributed by atoms with Crippen LogP contribution < -0.4 is 5.32 Å². The number of nitrogens with zero attached hydrogens (tertiary/aromatic N) is 2. The number of hydrogen-bond donors (Lipinski definition) is 2. The highest BCUT2D eigenvalue weighted by Crippen LogP contribution is 2.14. The van der Waals surface area contributed by atoms with E-state index in [4.69, 9.17) is 5.11 Å². The Morgan fingerprint density at radius 2 is 1.80 bits per heavy atom. The van der Waals surface area contributed by atoms with Gasteiger partial charge in [0.05, 0.1) is 0 Å². The molecular formula is C11H19N3O. The molecule has 0 atom stereocenters. The molecule has 15 heavy (non-hydrogen) atoms. The summed E-state index contributed by atoms with van der Waals surface area (Å²) in [4.78, 5) is 8.54. The average Bonchev–Trinajstić information content (AvgIpc) is 2.14. The normalized spacial score (nSPS) is 11.5. The lowest BCUT2D eigenvalue weighted by Gasteiger charge is -2.21. The van der Waals surface area contributed by atoms with Crippen molar-refractivity contribution < 1.29 is 5.11 Å². The number of rotatable bonds is 4. The molecule has 0 fully saturated rings. The van der Waals surface area contributed by atoms with Crippen LogP contribution in [0.15, 0.2) is 6.07 Å². The molecule has 0 saturated heterocycles. The molecule has 0 saturated carbocycles. The van der Waals surface area contributed by atoms with Crippen LogP contribution in [0.1, 0.15) is 25.2 Å². The Hall–Kier alpha value is -1.16. The summed E-state index contributed by atoms with van der Waals surface area (Å²) in [5.74, 6) is 0.633. The van der Waals surface area contributed by atoms with Gasteiger partial charge in [0.15, 0.2) is 0 Å². The molecule has 84 valence electrons. The van der Waals surface area contributed by atoms with Crippen LogP contribution in [-0.2, 0) is 0 Å². The van der Waals surface area contributed by atoms with E-state index in [1.54, 1.807) is 0 Å². The highest BCUT2D eigenvalue weighted by atomic mass is 16.3. The summed E-state index contributed by atoms with van der Waals surface area (Å²) in [5, 5.41) is 12.2. The molecule has 0 amide bonds. The van der Waals surface area contributed by atoms with Gasteiger partial charge in [0.25, 0.3) is 0 Å². The first-order chi connectivity index (χ1) is 6.93. The molecule has 2 N–H and O–H groups in total. The Kier molecular flexibility index (Phi) is 3.63. The zero-order valence-corrected chi connectivity index (χ0v) is 9.83. The standard InChI is InChI=1S/C11H19N3O/c1-8-5-9(2)14-10(13-8)12-6-11(3,4)7-15/h5,15H,6-7H2,1-4H3,(H,12,13,14). The van der Waals surface area contributed by atoms with Crippen LogP contribution in [-0.4, -0.2) is 28.2 Å². The van der Waals surface area contributed by atoms with E-state index in [1.165, 1.54) is 0 Å². The number of hydrogen-bond acceptors (Lipinski definition) is 4. The van der Waals surface area contributed by atoms with Crippen LogP contribution in [0.5, 0.6) is 0 Å². The molecule has 0 unspecified atom stereocenters. The van der Waals surface area contributed by atoms with Crippen molar-refractivity contribution in [2.24, 2.45) is 5.41 Å². The van der Waals surface area contributed by atoms with Gasteiger partial charge in [-0.1, -0.05) is 13.8 Å². The van der Waals surface area contributed by atoms with Gasteiger partial charge in [-0.3, -0.25) is 0 Å². The summed E-state index contributed by atoms with van der Waals surface area (Å²) >= 11 is 0. The third-order valence-electron chi connectivity index (χ3n) is 2.14. The number of anilines is 1. The summed E-state index contributed by atoms with van der Waals surface area (Å²) in [6, 6.07) is 1.93. The minimum absolute atomic E-state index is 0.144. The lowest BCUT2D eigenvalue weighted by Crippen LogP contribution is -2.27. The van der Waals surface area contributed by atoms with Crippen LogP contribution in [0, 0.1) is 19.3 Å². The van der Waals surface area contributed by atoms with E-state index in [9.17, 15) is 0 Å². The van der Waals surface area contributed by atoms with Crippen molar-refractivity contribution in [2.45, 2.75) is 27.7 Å². The van der Waals surface area contributed by atoms with Gasteiger partial charge in [-0.15, -0.1) is 0 Å². The number of aliphatic hydroxyl groups excluding tert-OH is 1. The molecule has 0 aliphatic heterocycles. The van der Waals surface area contributed by atoms with Gasteiger partial charge in [-0.2, -0.15) is 0 Å². The van der Waals surface area contributed by atoms with Gasteiger partial charge in [0.2, 0.25) is 5.95 Å². The van der Waals surface area contributed by atoms with Crippen molar-refractivity contribution in [3.8, 4) is 0 Å². The van der Waals surface area contributed by atoms with Crippen molar-refractivity contribution in [1.29, 1.82) is 0 Å². The van der Waals surface area contributed by atoms with Gasteiger partial charge < -0.3 is 10.4 Å². The van der Waals surface area contributed by atoms with Crippen LogP contribution >= 0.6 is 0 Å². The van der Waals surface area contributed by atoms with Crippen molar-refractivity contribution >= 4 is 5.95 Å². The van der Waals surface area contributed by atoms with E-state index in [0.29, 0.717) is 12.5 Å². The quantitative estimate of drug-likeness (QED) is 0.789. The zero-order valence-electron chi connectivity index (χ0n) is 9.83. The maximum atomic E-state index is 9.10. The van der Waals surface area contributed by atoms with Crippen molar-refractivity contribution in [1.82, 2.24) is 9.97 Å². The highest BCUT2D eigenvalue weighted by molar-refractivity contribution is 5.27. The second-order valence-electron chi connectivity index (χ2n) is 4.65. The first-order valence-electron chi connectivity index (χ1n) is 5.10. The molecule has 0 aliphatic rings. The van der Waals surface area contributed by atoms with Gasteiger partial charge in [0.1, 0.15) is 0 Å². The minimum Gasteiger partial charge on any atom is -0.396 e. The third kappa shape index (κ3) is 3.83. The molecule has 0 aliphatic carbocycles. The third-order valence-corrected chi connectivity index (χ3v) is 2.14. The predicted molar refractivity (Wildman–Crippen MR) is 60.9 cm³/mol. The van der Waals surface area contributed by atoms with Gasteiger partial charge in [-0.25, -0.2) is 9.97 Å². The molecule has 4 nitrogen and oxygen atoms in total. The van der Waals surface area contributed by atoms with Crippen LogP contribution in [0.4, 0.5) is 5.95 Å². The molecule has 1 aromatic rings. The highest BCUT2D eigenvalue weighted by Gasteiger charge is 2.16. The van der Waals surface area contributed by atoms with E-state index in [-0.39, 0.29) is 12.0 Å². The van der Waals surface area contributed by atoms with Crippen molar-refractivity contribution in [2.75, 3.05) is 18.5 Å². The van der Waals surface area contributed by atoms with E-state index >= 15 is 0 Å². The number of nitrogens with one attached hydrogen (secondary N) is 1. The lowest BCUT2D eigenvalue weighted by molar-refractivity contribution is 0.170. The second kappa shape index (κ2) is 4.57. The number of aromatic nitrogens is 2. The number of aliphatic hydroxyl groups is 1. The zero-order chi connectivity index (χ0) is 11.5. The summed E-state index contributed by atoms with van der Waals surface area (Å²) in [6.07, 6.45) is 0. The minimum atomic E-state index is -0.152. The fourth-order valence-corrected chi connectivity index (χ4v) is 1.18. The Morgan fingerprint density at radius 1 is 1.27 bits per heavy atom. The van der Waals surface area contributed by atoms with Crippen LogP contribution in [0.3, 0.4) is 0 Å². The summed E-state index contributed by atoms with van der Waals surface area (Å²) < 4.78 is 0. The number of aryl methyl sites for hydroxylation is 2. The fourth-order valence-electron chi connectivity index (χ4n) is 1.18. The molecule has 0 bridgehead atoms. The van der Waals surface area contributed by atoms with Crippen LogP contribution in [0.2, 0.25) is 0 Å². The van der Waals surface area contributed by atoms with E-state index in [0.717, 1.165) is 11.4 Å². The first-order valence-corrected chi connectivity index (χ1v) is 5.10. The molecule has 4 heteroatoms. The van der Waals surface area contributed by atoms with Gasteiger partial charge in [0, 0.05) is 30.0 Å². The monoisotopic (exact) mass is 209 g/mol. The molecule has 0 spiro atoms. The second-order valence-corrected chi connectivity index (χ2v) is 4.65. The maximum absolute atomic E-state index is 9.10. The van der Waals surface area contributed by atoms with Crippen LogP contribution in [0.25, 0.3) is 0 Å². The average molecular weight is 209 g/mol. The van der Waals surface area contributed by atoms with Crippen molar-refractivity contribution in [3.05, 3.63) is 17.5 Å². The topological polar surface area (TPSA) is 58.0 Å². The first kappa shape index (κ1) is 11.9. The van der Waals surface area contributed by atoms with Crippen molar-refractivity contribution in [3.63, 3.8) is 0 Å². The maximum Gasteiger partial charge on any atom is 0.223 e. The largest absolute Gasteiger partial charge is 0.396 e. The van der Waals surface area contributed by atoms with Gasteiger partial charge in [-0.05, 0) is 19.9 Å². The Morgan fingerprint density at radius 3 is 2.27 bits per heavy atom.